The zero-order valence-electron chi connectivity index (χ0n) is 8.63. The largest absolute Gasteiger partial charge is 0.330 e. The first-order valence-corrected chi connectivity index (χ1v) is 5.96. The van der Waals surface area contributed by atoms with Gasteiger partial charge in [-0.25, -0.2) is 4.39 Å². The molecule has 2 aromatic rings. The Bertz CT molecular complexity index is 631. The topological polar surface area (TPSA) is 20.7 Å². The van der Waals surface area contributed by atoms with Gasteiger partial charge >= 0.3 is 0 Å². The smallest absolute Gasteiger partial charge is 0.178 e. The molecule has 1 saturated carbocycles. The zero-order valence-corrected chi connectivity index (χ0v) is 10.2. The molecule has 0 radical (unpaired) electrons. The molecule has 2 unspecified atom stereocenters. The van der Waals surface area contributed by atoms with Gasteiger partial charge in [-0.2, -0.15) is 0 Å². The number of imidazole rings is 1. The summed E-state index contributed by atoms with van der Waals surface area (Å²) in [6.45, 7) is 2.18. The molecule has 1 aliphatic rings. The van der Waals surface area contributed by atoms with Crippen molar-refractivity contribution in [2.24, 2.45) is 5.92 Å². The van der Waals surface area contributed by atoms with Crippen LogP contribution in [0.3, 0.4) is 0 Å². The molecule has 2 nitrogen and oxygen atoms in total. The fourth-order valence-corrected chi connectivity index (χ4v) is 2.61. The zero-order chi connectivity index (χ0) is 11.4. The van der Waals surface area contributed by atoms with Crippen molar-refractivity contribution < 1.29 is 4.39 Å². The molecule has 0 bridgehead atoms. The molecule has 0 spiro atoms. The quantitative estimate of drug-likeness (QED) is 0.763. The molecule has 1 aromatic heterocycles. The average Bonchev–Trinajstić information content (AvgIpc) is 2.82. The van der Waals surface area contributed by atoms with Crippen molar-refractivity contribution in [1.29, 1.82) is 0 Å². The molecule has 1 fully saturated rings. The number of rotatable bonds is 1. The molecular formula is C11H10ClFN2S. The summed E-state index contributed by atoms with van der Waals surface area (Å²) in [5.41, 5.74) is 1.61. The fourth-order valence-electron chi connectivity index (χ4n) is 2.11. The highest BCUT2D eigenvalue weighted by molar-refractivity contribution is 7.71. The van der Waals surface area contributed by atoms with Crippen LogP contribution in [-0.4, -0.2) is 9.55 Å². The first-order chi connectivity index (χ1) is 7.58. The minimum Gasteiger partial charge on any atom is -0.330 e. The van der Waals surface area contributed by atoms with E-state index in [0.717, 1.165) is 11.9 Å². The molecule has 84 valence electrons. The SMILES string of the molecule is CC1CC1n1c(=S)[nH]c2cc(F)c(Cl)cc21. The van der Waals surface area contributed by atoms with Crippen molar-refractivity contribution in [3.05, 3.63) is 27.7 Å². The van der Waals surface area contributed by atoms with Crippen LogP contribution in [0.4, 0.5) is 4.39 Å². The maximum atomic E-state index is 13.3. The fraction of sp³-hybridized carbons (Fsp3) is 0.364. The molecule has 1 heterocycles. The van der Waals surface area contributed by atoms with Crippen molar-refractivity contribution in [2.75, 3.05) is 0 Å². The van der Waals surface area contributed by atoms with Gasteiger partial charge in [0.15, 0.2) is 4.77 Å². The maximum absolute atomic E-state index is 13.3. The predicted octanol–water partition coefficient (Wildman–Crippen LogP) is 4.07. The lowest BCUT2D eigenvalue weighted by Gasteiger charge is -2.02. The molecule has 1 aliphatic carbocycles. The van der Waals surface area contributed by atoms with Crippen LogP contribution in [-0.2, 0) is 0 Å². The molecule has 0 saturated heterocycles. The number of nitrogens with zero attached hydrogens (tertiary/aromatic N) is 1. The second kappa shape index (κ2) is 3.31. The number of hydrogen-bond donors (Lipinski definition) is 1. The molecule has 2 atom stereocenters. The monoisotopic (exact) mass is 256 g/mol. The van der Waals surface area contributed by atoms with Crippen LogP contribution < -0.4 is 0 Å². The lowest BCUT2D eigenvalue weighted by atomic mass is 10.3. The average molecular weight is 257 g/mol. The molecule has 0 aliphatic heterocycles. The Kier molecular flexibility index (Phi) is 2.13. The van der Waals surface area contributed by atoms with Gasteiger partial charge in [0.1, 0.15) is 5.82 Å². The Balaban J connectivity index is 2.31. The van der Waals surface area contributed by atoms with Crippen molar-refractivity contribution in [3.63, 3.8) is 0 Å². The summed E-state index contributed by atoms with van der Waals surface area (Å²) in [4.78, 5) is 3.02. The Hall–Kier alpha value is -0.870. The van der Waals surface area contributed by atoms with Crippen molar-refractivity contribution >= 4 is 34.9 Å². The number of aromatic amines is 1. The number of nitrogens with one attached hydrogen (secondary N) is 1. The third-order valence-corrected chi connectivity index (χ3v) is 3.75. The summed E-state index contributed by atoms with van der Waals surface area (Å²) in [6, 6.07) is 3.48. The van der Waals surface area contributed by atoms with Crippen LogP contribution in [0, 0.1) is 16.5 Å². The van der Waals surface area contributed by atoms with Gasteiger partial charge in [-0.1, -0.05) is 18.5 Å². The van der Waals surface area contributed by atoms with Crippen molar-refractivity contribution in [1.82, 2.24) is 9.55 Å². The molecule has 0 amide bonds. The van der Waals surface area contributed by atoms with Crippen LogP contribution >= 0.6 is 23.8 Å². The van der Waals surface area contributed by atoms with Gasteiger partial charge in [0, 0.05) is 12.1 Å². The van der Waals surface area contributed by atoms with Gasteiger partial charge in [-0.15, -0.1) is 0 Å². The second-order valence-electron chi connectivity index (χ2n) is 4.36. The van der Waals surface area contributed by atoms with Gasteiger partial charge in [0.2, 0.25) is 0 Å². The number of H-pyrrole nitrogens is 1. The third-order valence-electron chi connectivity index (χ3n) is 3.16. The van der Waals surface area contributed by atoms with E-state index in [1.807, 2.05) is 4.57 Å². The summed E-state index contributed by atoms with van der Waals surface area (Å²) in [5.74, 6) is 0.218. The molecule has 3 rings (SSSR count). The Labute approximate surface area is 102 Å². The Morgan fingerprint density at radius 2 is 2.25 bits per heavy atom. The standard InChI is InChI=1S/C11H10ClFN2S/c1-5-2-9(5)15-10-3-6(12)7(13)4-8(10)14-11(15)16/h3-5,9H,2H2,1H3,(H,14,16). The predicted molar refractivity (Wildman–Crippen MR) is 64.9 cm³/mol. The number of hydrogen-bond acceptors (Lipinski definition) is 1. The Morgan fingerprint density at radius 1 is 1.56 bits per heavy atom. The van der Waals surface area contributed by atoms with Crippen molar-refractivity contribution in [2.45, 2.75) is 19.4 Å². The van der Waals surface area contributed by atoms with Crippen molar-refractivity contribution in [3.8, 4) is 0 Å². The summed E-state index contributed by atoms with van der Waals surface area (Å²) >= 11 is 11.0. The van der Waals surface area contributed by atoms with Gasteiger partial charge in [-0.05, 0) is 30.6 Å². The van der Waals surface area contributed by atoms with Crippen LogP contribution in [0.5, 0.6) is 0 Å². The summed E-state index contributed by atoms with van der Waals surface area (Å²) in [5, 5.41) is 0.142. The van der Waals surface area contributed by atoms with Crippen LogP contribution in [0.25, 0.3) is 11.0 Å². The highest BCUT2D eigenvalue weighted by Crippen LogP contribution is 2.44. The summed E-state index contributed by atoms with van der Waals surface area (Å²) in [6.07, 6.45) is 1.12. The highest BCUT2D eigenvalue weighted by atomic mass is 35.5. The lowest BCUT2D eigenvalue weighted by molar-refractivity contribution is 0.629. The van der Waals surface area contributed by atoms with Crippen LogP contribution in [0.1, 0.15) is 19.4 Å². The van der Waals surface area contributed by atoms with E-state index < -0.39 is 5.82 Å². The van der Waals surface area contributed by atoms with Crippen LogP contribution in [0.15, 0.2) is 12.1 Å². The van der Waals surface area contributed by atoms with Gasteiger partial charge in [0.05, 0.1) is 16.1 Å². The third kappa shape index (κ3) is 1.40. The lowest BCUT2D eigenvalue weighted by Crippen LogP contribution is -1.95. The Morgan fingerprint density at radius 3 is 2.88 bits per heavy atom. The van der Waals surface area contributed by atoms with E-state index >= 15 is 0 Å². The normalized spacial score (nSPS) is 23.9. The first kappa shape index (κ1) is 10.3. The minimum atomic E-state index is -0.415. The maximum Gasteiger partial charge on any atom is 0.178 e. The van der Waals surface area contributed by atoms with E-state index in [9.17, 15) is 4.39 Å². The van der Waals surface area contributed by atoms with E-state index in [2.05, 4.69) is 11.9 Å². The van der Waals surface area contributed by atoms with E-state index in [-0.39, 0.29) is 5.02 Å². The van der Waals surface area contributed by atoms with Gasteiger partial charge in [0.25, 0.3) is 0 Å². The molecule has 5 heteroatoms. The number of aromatic nitrogens is 2. The molecular weight excluding hydrogens is 247 g/mol. The molecule has 16 heavy (non-hydrogen) atoms. The number of halogens is 2. The van der Waals surface area contributed by atoms with E-state index in [0.29, 0.717) is 22.2 Å². The van der Waals surface area contributed by atoms with E-state index in [1.165, 1.54) is 6.07 Å². The highest BCUT2D eigenvalue weighted by Gasteiger charge is 2.35. The second-order valence-corrected chi connectivity index (χ2v) is 5.16. The van der Waals surface area contributed by atoms with Gasteiger partial charge < -0.3 is 9.55 Å². The summed E-state index contributed by atoms with van der Waals surface area (Å²) < 4.78 is 16.0. The number of fused-ring (bicyclic) bond motifs is 1. The van der Waals surface area contributed by atoms with Crippen LogP contribution in [0.2, 0.25) is 5.02 Å². The van der Waals surface area contributed by atoms with Gasteiger partial charge in [-0.3, -0.25) is 0 Å². The number of benzene rings is 1. The minimum absolute atomic E-state index is 0.142. The summed E-state index contributed by atoms with van der Waals surface area (Å²) in [7, 11) is 0. The van der Waals surface area contributed by atoms with E-state index in [4.69, 9.17) is 23.8 Å². The van der Waals surface area contributed by atoms with E-state index in [1.54, 1.807) is 6.07 Å². The molecule has 1 N–H and O–H groups in total. The first-order valence-electron chi connectivity index (χ1n) is 5.17. The molecule has 1 aromatic carbocycles.